The quantitative estimate of drug-likeness (QED) is 0.492. The van der Waals surface area contributed by atoms with Crippen LogP contribution in [0.2, 0.25) is 0 Å². The van der Waals surface area contributed by atoms with Gasteiger partial charge < -0.3 is 9.47 Å². The van der Waals surface area contributed by atoms with Crippen molar-refractivity contribution < 1.29 is 19.1 Å². The minimum Gasteiger partial charge on any atom is -0.484 e. The van der Waals surface area contributed by atoms with E-state index in [1.807, 2.05) is 0 Å². The van der Waals surface area contributed by atoms with Crippen LogP contribution < -0.4 is 4.74 Å². The van der Waals surface area contributed by atoms with Crippen molar-refractivity contribution in [2.24, 2.45) is 0 Å². The fourth-order valence-electron chi connectivity index (χ4n) is 4.61. The van der Waals surface area contributed by atoms with Gasteiger partial charge in [-0.15, -0.1) is 0 Å². The zero-order valence-corrected chi connectivity index (χ0v) is 19.8. The average Bonchev–Trinajstić information content (AvgIpc) is 3.07. The number of hydrogen-bond acceptors (Lipinski definition) is 4. The van der Waals surface area contributed by atoms with Gasteiger partial charge in [0.2, 0.25) is 5.78 Å². The summed E-state index contributed by atoms with van der Waals surface area (Å²) in [6.45, 7) is 12.9. The number of aryl methyl sites for hydroxylation is 2. The molecular weight excluding hydrogens is 388 g/mol. The lowest BCUT2D eigenvalue weighted by Gasteiger charge is -2.31. The fourth-order valence-corrected chi connectivity index (χ4v) is 4.61. The van der Waals surface area contributed by atoms with Gasteiger partial charge in [0.15, 0.2) is 6.61 Å². The van der Waals surface area contributed by atoms with Gasteiger partial charge in [0.05, 0.1) is 12.7 Å². The first-order valence-electron chi connectivity index (χ1n) is 11.1. The summed E-state index contributed by atoms with van der Waals surface area (Å²) in [6.07, 6.45) is 1.93. The number of Topliss-reactive ketones (excluding diaryl/α,β-unsaturated/α-hetero) is 1. The molecule has 4 nitrogen and oxygen atoms in total. The van der Waals surface area contributed by atoms with Gasteiger partial charge in [0.1, 0.15) is 5.75 Å². The second-order valence-electron chi connectivity index (χ2n) is 9.65. The molecule has 31 heavy (non-hydrogen) atoms. The Hall–Kier alpha value is -2.62. The Morgan fingerprint density at radius 1 is 1.10 bits per heavy atom. The lowest BCUT2D eigenvalue weighted by atomic mass is 9.73. The second kappa shape index (κ2) is 8.86. The van der Waals surface area contributed by atoms with E-state index in [9.17, 15) is 9.59 Å². The van der Waals surface area contributed by atoms with Gasteiger partial charge in [-0.25, -0.2) is 0 Å². The predicted molar refractivity (Wildman–Crippen MR) is 124 cm³/mol. The number of methoxy groups -OCH3 is 1. The molecule has 0 fully saturated rings. The van der Waals surface area contributed by atoms with Crippen LogP contribution in [-0.2, 0) is 14.9 Å². The highest BCUT2D eigenvalue weighted by Gasteiger charge is 2.35. The van der Waals surface area contributed by atoms with Crippen molar-refractivity contribution in [3.05, 3.63) is 52.1 Å². The van der Waals surface area contributed by atoms with Crippen LogP contribution in [0.4, 0.5) is 0 Å². The predicted octanol–water partition coefficient (Wildman–Crippen LogP) is 6.29. The highest BCUT2D eigenvalue weighted by molar-refractivity contribution is 6.09. The zero-order valence-electron chi connectivity index (χ0n) is 19.8. The Bertz CT molecular complexity index is 994. The summed E-state index contributed by atoms with van der Waals surface area (Å²) in [6, 6.07) is 8.67. The maximum Gasteiger partial charge on any atom is 0.305 e. The lowest BCUT2D eigenvalue weighted by Crippen LogP contribution is -2.21. The first-order valence-corrected chi connectivity index (χ1v) is 11.1. The highest BCUT2D eigenvalue weighted by Crippen LogP contribution is 2.47. The summed E-state index contributed by atoms with van der Waals surface area (Å²) in [5.41, 5.74) is 7.06. The minimum atomic E-state index is -0.234. The molecule has 2 aromatic carbocycles. The summed E-state index contributed by atoms with van der Waals surface area (Å²) in [5, 5.41) is 0. The molecule has 0 atom stereocenters. The number of fused-ring (bicyclic) bond motifs is 1. The monoisotopic (exact) mass is 422 g/mol. The van der Waals surface area contributed by atoms with E-state index in [0.29, 0.717) is 12.0 Å². The van der Waals surface area contributed by atoms with Gasteiger partial charge in [-0.2, -0.15) is 0 Å². The standard InChI is InChI=1S/C27H34O4/c1-16(2)20-14-21(27(5,6)10-8-9-23(29)30-7)24(25-22(28)15-31-26(20)25)19-12-17(3)11-18(4)13-19/h11-14,16H,8-10,15H2,1-7H3. The average molecular weight is 423 g/mol. The Kier molecular flexibility index (Phi) is 6.59. The number of carbonyl (C=O) groups excluding carboxylic acids is 2. The van der Waals surface area contributed by atoms with Crippen LogP contribution in [-0.4, -0.2) is 25.5 Å². The summed E-state index contributed by atoms with van der Waals surface area (Å²) < 4.78 is 10.7. The molecule has 166 valence electrons. The molecule has 1 aliphatic heterocycles. The summed E-state index contributed by atoms with van der Waals surface area (Å²) in [7, 11) is 1.42. The topological polar surface area (TPSA) is 52.6 Å². The number of ether oxygens (including phenoxy) is 2. The van der Waals surface area contributed by atoms with Crippen molar-refractivity contribution in [3.63, 3.8) is 0 Å². The van der Waals surface area contributed by atoms with Crippen molar-refractivity contribution in [1.82, 2.24) is 0 Å². The number of carbonyl (C=O) groups is 2. The third-order valence-corrected chi connectivity index (χ3v) is 6.21. The Morgan fingerprint density at radius 2 is 1.74 bits per heavy atom. The number of benzene rings is 2. The van der Waals surface area contributed by atoms with E-state index in [1.54, 1.807) is 0 Å². The first kappa shape index (κ1) is 23.1. The molecule has 0 N–H and O–H groups in total. The third kappa shape index (κ3) is 4.68. The van der Waals surface area contributed by atoms with Crippen molar-refractivity contribution in [1.29, 1.82) is 0 Å². The molecular formula is C27H34O4. The largest absolute Gasteiger partial charge is 0.484 e. The summed E-state index contributed by atoms with van der Waals surface area (Å²) in [5.74, 6) is 0.824. The molecule has 1 heterocycles. The van der Waals surface area contributed by atoms with Crippen molar-refractivity contribution in [3.8, 4) is 16.9 Å². The van der Waals surface area contributed by atoms with Crippen LogP contribution in [0, 0.1) is 13.8 Å². The van der Waals surface area contributed by atoms with E-state index >= 15 is 0 Å². The SMILES string of the molecule is COC(=O)CCCC(C)(C)c1cc(C(C)C)c2c(c1-c1cc(C)cc(C)c1)C(=O)CO2. The van der Waals surface area contributed by atoms with Crippen LogP contribution in [0.3, 0.4) is 0 Å². The van der Waals surface area contributed by atoms with Gasteiger partial charge in [-0.05, 0) is 54.7 Å². The zero-order chi connectivity index (χ0) is 22.9. The van der Waals surface area contributed by atoms with Crippen molar-refractivity contribution in [2.45, 2.75) is 72.1 Å². The van der Waals surface area contributed by atoms with Crippen LogP contribution >= 0.6 is 0 Å². The van der Waals surface area contributed by atoms with Gasteiger partial charge in [0, 0.05) is 12.0 Å². The van der Waals surface area contributed by atoms with Crippen LogP contribution in [0.1, 0.15) is 85.5 Å². The number of esters is 1. The molecule has 2 aromatic rings. The van der Waals surface area contributed by atoms with E-state index in [-0.39, 0.29) is 29.7 Å². The van der Waals surface area contributed by atoms with Crippen molar-refractivity contribution >= 4 is 11.8 Å². The molecule has 0 aliphatic carbocycles. The van der Waals surface area contributed by atoms with Gasteiger partial charge in [0.25, 0.3) is 0 Å². The van der Waals surface area contributed by atoms with Crippen LogP contribution in [0.5, 0.6) is 5.75 Å². The molecule has 0 amide bonds. The molecule has 0 spiro atoms. The van der Waals surface area contributed by atoms with Crippen LogP contribution in [0.25, 0.3) is 11.1 Å². The molecule has 1 aliphatic rings. The minimum absolute atomic E-state index is 0.0401. The van der Waals surface area contributed by atoms with E-state index in [1.165, 1.54) is 7.11 Å². The first-order chi connectivity index (χ1) is 14.5. The number of rotatable bonds is 7. The molecule has 0 aromatic heterocycles. The van der Waals surface area contributed by atoms with Crippen LogP contribution in [0.15, 0.2) is 24.3 Å². The summed E-state index contributed by atoms with van der Waals surface area (Å²) in [4.78, 5) is 24.7. The van der Waals surface area contributed by atoms with E-state index < -0.39 is 0 Å². The van der Waals surface area contributed by atoms with Crippen molar-refractivity contribution in [2.75, 3.05) is 13.7 Å². The number of hydrogen-bond donors (Lipinski definition) is 0. The third-order valence-electron chi connectivity index (χ3n) is 6.21. The Balaban J connectivity index is 2.23. The molecule has 0 radical (unpaired) electrons. The van der Waals surface area contributed by atoms with Gasteiger partial charge in [-0.1, -0.05) is 63.1 Å². The van der Waals surface area contributed by atoms with Gasteiger partial charge in [-0.3, -0.25) is 9.59 Å². The lowest BCUT2D eigenvalue weighted by molar-refractivity contribution is -0.140. The molecule has 4 heteroatoms. The van der Waals surface area contributed by atoms with Gasteiger partial charge >= 0.3 is 5.97 Å². The fraction of sp³-hybridized carbons (Fsp3) is 0.481. The smallest absolute Gasteiger partial charge is 0.305 e. The molecule has 0 unspecified atom stereocenters. The van der Waals surface area contributed by atoms with E-state index in [0.717, 1.165) is 52.0 Å². The summed E-state index contributed by atoms with van der Waals surface area (Å²) >= 11 is 0. The highest BCUT2D eigenvalue weighted by atomic mass is 16.5. The maximum atomic E-state index is 13.0. The molecule has 0 saturated heterocycles. The molecule has 0 saturated carbocycles. The van der Waals surface area contributed by atoms with E-state index in [4.69, 9.17) is 9.47 Å². The normalized spacial score (nSPS) is 13.4. The Morgan fingerprint density at radius 3 is 2.32 bits per heavy atom. The second-order valence-corrected chi connectivity index (χ2v) is 9.65. The maximum absolute atomic E-state index is 13.0. The molecule has 3 rings (SSSR count). The molecule has 0 bridgehead atoms. The Labute approximate surface area is 186 Å². The number of ketones is 1. The van der Waals surface area contributed by atoms with E-state index in [2.05, 4.69) is 65.8 Å².